The number of rotatable bonds is 1. The van der Waals surface area contributed by atoms with Gasteiger partial charge in [0.1, 0.15) is 11.4 Å². The van der Waals surface area contributed by atoms with Gasteiger partial charge in [-0.1, -0.05) is 26.0 Å². The molecule has 0 aliphatic rings. The Morgan fingerprint density at radius 1 is 1.19 bits per heavy atom. The molecular weight excluding hydrogens is 224 g/mol. The second kappa shape index (κ2) is 5.63. The predicted molar refractivity (Wildman–Crippen MR) is 52.8 cm³/mol. The highest BCUT2D eigenvalue weighted by Crippen LogP contribution is 2.34. The first kappa shape index (κ1) is 14.6. The largest absolute Gasteiger partial charge is 0.419 e. The molecule has 90 valence electrons. The minimum atomic E-state index is -4.84. The van der Waals surface area contributed by atoms with Gasteiger partial charge in [0.05, 0.1) is 0 Å². The van der Waals surface area contributed by atoms with Crippen LogP contribution in [0.4, 0.5) is 17.6 Å². The van der Waals surface area contributed by atoms with E-state index in [0.29, 0.717) is 6.07 Å². The third-order valence-corrected chi connectivity index (χ3v) is 1.68. The van der Waals surface area contributed by atoms with E-state index in [1.165, 1.54) is 0 Å². The van der Waals surface area contributed by atoms with Crippen molar-refractivity contribution in [2.45, 2.75) is 26.9 Å². The molecule has 0 radical (unpaired) electrons. The van der Waals surface area contributed by atoms with Gasteiger partial charge in [-0.3, -0.25) is 4.79 Å². The second-order valence-electron chi connectivity index (χ2n) is 2.72. The number of carbonyl (C=O) groups is 1. The topological polar surface area (TPSA) is 17.1 Å². The summed E-state index contributed by atoms with van der Waals surface area (Å²) in [6.07, 6.45) is -4.84. The lowest BCUT2D eigenvalue weighted by atomic mass is 10.0. The number of carbonyl (C=O) groups excluding carboxylic acids is 1. The molecule has 0 heterocycles. The van der Waals surface area contributed by atoms with Crippen molar-refractivity contribution < 1.29 is 22.4 Å². The van der Waals surface area contributed by atoms with Gasteiger partial charge in [-0.2, -0.15) is 13.2 Å². The Kier molecular flexibility index (Phi) is 5.14. The summed E-state index contributed by atoms with van der Waals surface area (Å²) in [4.78, 5) is 10.8. The van der Waals surface area contributed by atoms with E-state index in [1.807, 2.05) is 13.8 Å². The Morgan fingerprint density at radius 2 is 1.69 bits per heavy atom. The van der Waals surface area contributed by atoms with Crippen LogP contribution in [0.2, 0.25) is 0 Å². The zero-order chi connectivity index (χ0) is 12.9. The molecule has 1 nitrogen and oxygen atoms in total. The molecule has 1 rings (SSSR count). The molecule has 1 aromatic rings. The van der Waals surface area contributed by atoms with E-state index in [2.05, 4.69) is 0 Å². The van der Waals surface area contributed by atoms with Crippen LogP contribution in [-0.4, -0.2) is 5.78 Å². The van der Waals surface area contributed by atoms with Gasteiger partial charge in [0, 0.05) is 5.56 Å². The average Bonchev–Trinajstić information content (AvgIpc) is 2.18. The van der Waals surface area contributed by atoms with Crippen molar-refractivity contribution in [3.05, 3.63) is 35.1 Å². The molecule has 16 heavy (non-hydrogen) atoms. The molecule has 0 aliphatic carbocycles. The Bertz CT molecular complexity index is 369. The quantitative estimate of drug-likeness (QED) is 0.530. The molecule has 0 N–H and O–H groups in total. The van der Waals surface area contributed by atoms with E-state index in [-0.39, 0.29) is 0 Å². The number of hydrogen-bond acceptors (Lipinski definition) is 1. The Hall–Kier alpha value is -1.39. The van der Waals surface area contributed by atoms with Crippen LogP contribution in [0.25, 0.3) is 0 Å². The fraction of sp³-hybridized carbons (Fsp3) is 0.364. The Labute approximate surface area is 91.1 Å². The molecule has 0 saturated heterocycles. The fourth-order valence-corrected chi connectivity index (χ4v) is 1.11. The molecule has 0 aliphatic heterocycles. The predicted octanol–water partition coefficient (Wildman–Crippen LogP) is 4.07. The summed E-state index contributed by atoms with van der Waals surface area (Å²) in [6.45, 7) is 4.96. The molecule has 0 atom stereocenters. The van der Waals surface area contributed by atoms with Crippen molar-refractivity contribution in [3.8, 4) is 0 Å². The molecule has 0 aromatic heterocycles. The van der Waals surface area contributed by atoms with Gasteiger partial charge >= 0.3 is 6.18 Å². The van der Waals surface area contributed by atoms with Crippen LogP contribution in [-0.2, 0) is 6.18 Å². The van der Waals surface area contributed by atoms with Crippen LogP contribution < -0.4 is 0 Å². The number of Topliss-reactive ketones (excluding diaryl/α,β-unsaturated/α-hetero) is 1. The van der Waals surface area contributed by atoms with Crippen LogP contribution in [0.3, 0.4) is 0 Å². The smallest absolute Gasteiger partial charge is 0.294 e. The fourth-order valence-electron chi connectivity index (χ4n) is 1.11. The number of ketones is 1. The lowest BCUT2D eigenvalue weighted by Gasteiger charge is -2.11. The standard InChI is InChI=1S/C9H6F4O.C2H6/c1-5(14)6-3-2-4-7(10)8(6)9(11,12)13;1-2/h2-4H,1H3;1-2H3. The first-order valence-electron chi connectivity index (χ1n) is 4.70. The van der Waals surface area contributed by atoms with E-state index in [0.717, 1.165) is 19.1 Å². The lowest BCUT2D eigenvalue weighted by molar-refractivity contribution is -0.140. The highest BCUT2D eigenvalue weighted by molar-refractivity contribution is 5.95. The highest BCUT2D eigenvalue weighted by atomic mass is 19.4. The van der Waals surface area contributed by atoms with Crippen LogP contribution in [0, 0.1) is 5.82 Å². The Morgan fingerprint density at radius 3 is 2.00 bits per heavy atom. The summed E-state index contributed by atoms with van der Waals surface area (Å²) < 4.78 is 49.7. The normalized spacial score (nSPS) is 10.4. The van der Waals surface area contributed by atoms with E-state index in [9.17, 15) is 22.4 Å². The average molecular weight is 236 g/mol. The first-order chi connectivity index (χ1) is 7.34. The molecule has 0 unspecified atom stereocenters. The maximum absolute atomic E-state index is 12.8. The maximum Gasteiger partial charge on any atom is 0.419 e. The lowest BCUT2D eigenvalue weighted by Crippen LogP contribution is -2.14. The Balaban J connectivity index is 0.00000106. The van der Waals surface area contributed by atoms with Crippen molar-refractivity contribution in [3.63, 3.8) is 0 Å². The van der Waals surface area contributed by atoms with Crippen LogP contribution in [0.15, 0.2) is 18.2 Å². The summed E-state index contributed by atoms with van der Waals surface area (Å²) in [5.41, 5.74) is -2.13. The maximum atomic E-state index is 12.8. The second-order valence-corrected chi connectivity index (χ2v) is 2.72. The number of alkyl halides is 3. The molecule has 0 amide bonds. The van der Waals surface area contributed by atoms with E-state index in [1.54, 1.807) is 0 Å². The van der Waals surface area contributed by atoms with Gasteiger partial charge in [-0.15, -0.1) is 0 Å². The van der Waals surface area contributed by atoms with Crippen molar-refractivity contribution in [1.29, 1.82) is 0 Å². The van der Waals surface area contributed by atoms with Gasteiger partial charge in [-0.25, -0.2) is 4.39 Å². The van der Waals surface area contributed by atoms with E-state index < -0.39 is 28.9 Å². The van der Waals surface area contributed by atoms with Crippen LogP contribution >= 0.6 is 0 Å². The molecule has 5 heteroatoms. The van der Waals surface area contributed by atoms with Crippen LogP contribution in [0.5, 0.6) is 0 Å². The third kappa shape index (κ3) is 3.32. The van der Waals surface area contributed by atoms with Gasteiger partial charge in [0.15, 0.2) is 5.78 Å². The number of halogens is 4. The minimum Gasteiger partial charge on any atom is -0.294 e. The van der Waals surface area contributed by atoms with Crippen molar-refractivity contribution in [1.82, 2.24) is 0 Å². The van der Waals surface area contributed by atoms with Gasteiger partial charge in [0.25, 0.3) is 0 Å². The number of hydrogen-bond donors (Lipinski definition) is 0. The van der Waals surface area contributed by atoms with E-state index in [4.69, 9.17) is 0 Å². The molecule has 0 bridgehead atoms. The molecule has 0 saturated carbocycles. The summed E-state index contributed by atoms with van der Waals surface area (Å²) in [6, 6.07) is 2.70. The SMILES string of the molecule is CC.CC(=O)c1cccc(F)c1C(F)(F)F. The van der Waals surface area contributed by atoms with Crippen molar-refractivity contribution in [2.24, 2.45) is 0 Å². The molecule has 0 spiro atoms. The highest BCUT2D eigenvalue weighted by Gasteiger charge is 2.37. The van der Waals surface area contributed by atoms with Gasteiger partial charge in [0.2, 0.25) is 0 Å². The van der Waals surface area contributed by atoms with Crippen molar-refractivity contribution in [2.75, 3.05) is 0 Å². The minimum absolute atomic E-state index is 0.641. The summed E-state index contributed by atoms with van der Waals surface area (Å²) in [7, 11) is 0. The van der Waals surface area contributed by atoms with Gasteiger partial charge < -0.3 is 0 Å². The van der Waals surface area contributed by atoms with Crippen LogP contribution in [0.1, 0.15) is 36.7 Å². The van der Waals surface area contributed by atoms with Gasteiger partial charge in [-0.05, 0) is 13.0 Å². The molecule has 0 fully saturated rings. The number of benzene rings is 1. The molecular formula is C11H12F4O. The van der Waals surface area contributed by atoms with E-state index >= 15 is 0 Å². The zero-order valence-electron chi connectivity index (χ0n) is 9.15. The summed E-state index contributed by atoms with van der Waals surface area (Å²) in [5.74, 6) is -2.23. The molecule has 1 aromatic carbocycles. The summed E-state index contributed by atoms with van der Waals surface area (Å²) >= 11 is 0. The first-order valence-corrected chi connectivity index (χ1v) is 4.70. The third-order valence-electron chi connectivity index (χ3n) is 1.68. The zero-order valence-corrected chi connectivity index (χ0v) is 9.15. The summed E-state index contributed by atoms with van der Waals surface area (Å²) in [5, 5.41) is 0. The monoisotopic (exact) mass is 236 g/mol. The van der Waals surface area contributed by atoms with Crippen molar-refractivity contribution >= 4 is 5.78 Å².